The first-order valence-corrected chi connectivity index (χ1v) is 14.9. The summed E-state index contributed by atoms with van der Waals surface area (Å²) in [7, 11) is -3.54. The third-order valence-electron chi connectivity index (χ3n) is 5.32. The average Bonchev–Trinajstić information content (AvgIpc) is 3.34. The SMILES string of the molecule is CSCCC(NC(=O)c1cccc(S(=O)(=O)C(C)C)c1)C(=O)Nc1nc(-c2ccc(C#N)cc2)cs1. The van der Waals surface area contributed by atoms with E-state index in [2.05, 4.69) is 21.7 Å². The van der Waals surface area contributed by atoms with Gasteiger partial charge in [-0.2, -0.15) is 17.0 Å². The Labute approximate surface area is 219 Å². The van der Waals surface area contributed by atoms with Gasteiger partial charge in [0.2, 0.25) is 5.91 Å². The summed E-state index contributed by atoms with van der Waals surface area (Å²) in [4.78, 5) is 30.5. The smallest absolute Gasteiger partial charge is 0.251 e. The molecule has 0 aliphatic carbocycles. The van der Waals surface area contributed by atoms with Gasteiger partial charge in [-0.1, -0.05) is 18.2 Å². The Kier molecular flexibility index (Phi) is 9.25. The zero-order valence-electron chi connectivity index (χ0n) is 20.0. The maximum atomic E-state index is 13.0. The summed E-state index contributed by atoms with van der Waals surface area (Å²) in [6.07, 6.45) is 2.29. The zero-order valence-corrected chi connectivity index (χ0v) is 22.5. The summed E-state index contributed by atoms with van der Waals surface area (Å²) in [6, 6.07) is 14.0. The van der Waals surface area contributed by atoms with E-state index in [0.29, 0.717) is 28.6 Å². The number of carbonyl (C=O) groups is 2. The van der Waals surface area contributed by atoms with Crippen molar-refractivity contribution in [2.45, 2.75) is 36.5 Å². The van der Waals surface area contributed by atoms with Crippen LogP contribution in [-0.4, -0.2) is 48.5 Å². The molecule has 0 spiro atoms. The molecule has 1 heterocycles. The lowest BCUT2D eigenvalue weighted by atomic mass is 10.1. The number of rotatable bonds is 10. The minimum absolute atomic E-state index is 0.0633. The van der Waals surface area contributed by atoms with Gasteiger partial charge in [-0.3, -0.25) is 9.59 Å². The van der Waals surface area contributed by atoms with Crippen molar-refractivity contribution in [3.63, 3.8) is 0 Å². The van der Waals surface area contributed by atoms with Crippen molar-refractivity contribution in [2.24, 2.45) is 0 Å². The number of thioether (sulfide) groups is 1. The quantitative estimate of drug-likeness (QED) is 0.390. The number of hydrogen-bond acceptors (Lipinski definition) is 8. The second kappa shape index (κ2) is 12.2. The third kappa shape index (κ3) is 6.72. The van der Waals surface area contributed by atoms with Gasteiger partial charge < -0.3 is 10.6 Å². The Balaban J connectivity index is 1.74. The van der Waals surface area contributed by atoms with E-state index in [1.165, 1.54) is 35.6 Å². The number of carbonyl (C=O) groups excluding carboxylic acids is 2. The number of nitrogens with one attached hydrogen (secondary N) is 2. The van der Waals surface area contributed by atoms with E-state index < -0.39 is 32.9 Å². The molecule has 0 aliphatic heterocycles. The summed E-state index contributed by atoms with van der Waals surface area (Å²) in [6.45, 7) is 3.16. The Morgan fingerprint density at radius 2 is 1.89 bits per heavy atom. The molecular weight excluding hydrogens is 517 g/mol. The summed E-state index contributed by atoms with van der Waals surface area (Å²) in [5.74, 6) is -0.312. The maximum Gasteiger partial charge on any atom is 0.251 e. The fraction of sp³-hybridized carbons (Fsp3) is 0.280. The van der Waals surface area contributed by atoms with Crippen LogP contribution in [0.4, 0.5) is 5.13 Å². The molecule has 36 heavy (non-hydrogen) atoms. The molecule has 11 heteroatoms. The van der Waals surface area contributed by atoms with Crippen molar-refractivity contribution in [3.8, 4) is 17.3 Å². The second-order valence-electron chi connectivity index (χ2n) is 8.15. The molecule has 1 unspecified atom stereocenters. The van der Waals surface area contributed by atoms with Crippen LogP contribution in [0.1, 0.15) is 36.2 Å². The highest BCUT2D eigenvalue weighted by Crippen LogP contribution is 2.25. The van der Waals surface area contributed by atoms with Gasteiger partial charge in [-0.05, 0) is 62.6 Å². The van der Waals surface area contributed by atoms with E-state index in [1.807, 2.05) is 6.26 Å². The van der Waals surface area contributed by atoms with Crippen molar-refractivity contribution >= 4 is 49.9 Å². The summed E-state index contributed by atoms with van der Waals surface area (Å²) < 4.78 is 25.0. The van der Waals surface area contributed by atoms with Gasteiger partial charge in [-0.15, -0.1) is 11.3 Å². The van der Waals surface area contributed by atoms with Gasteiger partial charge in [0, 0.05) is 16.5 Å². The molecule has 3 rings (SSSR count). The topological polar surface area (TPSA) is 129 Å². The molecule has 2 aromatic carbocycles. The van der Waals surface area contributed by atoms with Crippen LogP contribution >= 0.6 is 23.1 Å². The molecule has 0 saturated carbocycles. The molecule has 1 aromatic heterocycles. The Morgan fingerprint density at radius 3 is 2.53 bits per heavy atom. The number of aromatic nitrogens is 1. The Morgan fingerprint density at radius 1 is 1.17 bits per heavy atom. The van der Waals surface area contributed by atoms with Crippen LogP contribution in [0.3, 0.4) is 0 Å². The van der Waals surface area contributed by atoms with Crippen LogP contribution in [0, 0.1) is 11.3 Å². The maximum absolute atomic E-state index is 13.0. The van der Waals surface area contributed by atoms with Crippen molar-refractivity contribution in [3.05, 3.63) is 65.0 Å². The largest absolute Gasteiger partial charge is 0.340 e. The number of sulfone groups is 1. The second-order valence-corrected chi connectivity index (χ2v) is 12.5. The van der Waals surface area contributed by atoms with Crippen molar-refractivity contribution < 1.29 is 18.0 Å². The van der Waals surface area contributed by atoms with E-state index in [-0.39, 0.29) is 10.5 Å². The highest BCUT2D eigenvalue weighted by Gasteiger charge is 2.24. The molecule has 0 fully saturated rings. The first-order chi connectivity index (χ1) is 17.1. The predicted molar refractivity (Wildman–Crippen MR) is 144 cm³/mol. The predicted octanol–water partition coefficient (Wildman–Crippen LogP) is 4.35. The molecule has 1 atom stereocenters. The van der Waals surface area contributed by atoms with Gasteiger partial charge in [0.05, 0.1) is 27.5 Å². The van der Waals surface area contributed by atoms with Gasteiger partial charge in [-0.25, -0.2) is 13.4 Å². The molecular formula is C25H26N4O4S3. The van der Waals surface area contributed by atoms with Crippen LogP contribution < -0.4 is 10.6 Å². The first-order valence-electron chi connectivity index (χ1n) is 11.1. The lowest BCUT2D eigenvalue weighted by Crippen LogP contribution is -2.44. The highest BCUT2D eigenvalue weighted by molar-refractivity contribution is 7.98. The molecule has 0 aliphatic rings. The number of amides is 2. The van der Waals surface area contributed by atoms with E-state index >= 15 is 0 Å². The van der Waals surface area contributed by atoms with Gasteiger partial charge in [0.15, 0.2) is 15.0 Å². The molecule has 0 saturated heterocycles. The number of nitrogens with zero attached hydrogens (tertiary/aromatic N) is 2. The van der Waals surface area contributed by atoms with E-state index in [0.717, 1.165) is 5.56 Å². The molecule has 0 bridgehead atoms. The highest BCUT2D eigenvalue weighted by atomic mass is 32.2. The van der Waals surface area contributed by atoms with E-state index in [1.54, 1.807) is 55.3 Å². The van der Waals surface area contributed by atoms with Crippen LogP contribution in [-0.2, 0) is 14.6 Å². The number of benzene rings is 2. The lowest BCUT2D eigenvalue weighted by Gasteiger charge is -2.18. The molecule has 2 N–H and O–H groups in total. The molecule has 2 amide bonds. The number of anilines is 1. The van der Waals surface area contributed by atoms with Crippen LogP contribution in [0.2, 0.25) is 0 Å². The van der Waals surface area contributed by atoms with Crippen LogP contribution in [0.25, 0.3) is 11.3 Å². The van der Waals surface area contributed by atoms with Gasteiger partial charge in [0.25, 0.3) is 5.91 Å². The van der Waals surface area contributed by atoms with Crippen LogP contribution in [0.15, 0.2) is 58.8 Å². The van der Waals surface area contributed by atoms with Gasteiger partial charge in [0.1, 0.15) is 6.04 Å². The molecule has 8 nitrogen and oxygen atoms in total. The van der Waals surface area contributed by atoms with Gasteiger partial charge >= 0.3 is 0 Å². The summed E-state index contributed by atoms with van der Waals surface area (Å²) >= 11 is 2.80. The van der Waals surface area contributed by atoms with Crippen molar-refractivity contribution in [2.75, 3.05) is 17.3 Å². The average molecular weight is 543 g/mol. The Bertz CT molecular complexity index is 1380. The zero-order chi connectivity index (χ0) is 26.3. The monoisotopic (exact) mass is 542 g/mol. The fourth-order valence-electron chi connectivity index (χ4n) is 3.20. The first kappa shape index (κ1) is 27.4. The minimum atomic E-state index is -3.54. The number of nitriles is 1. The number of hydrogen-bond donors (Lipinski definition) is 2. The normalized spacial score (nSPS) is 12.1. The fourth-order valence-corrected chi connectivity index (χ4v) is 5.50. The van der Waals surface area contributed by atoms with Crippen LogP contribution in [0.5, 0.6) is 0 Å². The van der Waals surface area contributed by atoms with Crippen molar-refractivity contribution in [1.82, 2.24) is 10.3 Å². The minimum Gasteiger partial charge on any atom is -0.340 e. The van der Waals surface area contributed by atoms with Crippen molar-refractivity contribution in [1.29, 1.82) is 5.26 Å². The Hall–Kier alpha value is -3.20. The lowest BCUT2D eigenvalue weighted by molar-refractivity contribution is -0.118. The third-order valence-corrected chi connectivity index (χ3v) is 8.88. The van der Waals surface area contributed by atoms with E-state index in [4.69, 9.17) is 5.26 Å². The van der Waals surface area contributed by atoms with E-state index in [9.17, 15) is 18.0 Å². The summed E-state index contributed by atoms with van der Waals surface area (Å²) in [5, 5.41) is 16.0. The standard InChI is InChI=1S/C25H26N4O4S3/c1-16(2)36(32,33)20-6-4-5-19(13-20)23(30)27-21(11-12-34-3)24(31)29-25-28-22(15-35-25)18-9-7-17(14-26)8-10-18/h4-10,13,15-16,21H,11-12H2,1-3H3,(H,27,30)(H,28,29,31). The molecule has 188 valence electrons. The summed E-state index contributed by atoms with van der Waals surface area (Å²) in [5.41, 5.74) is 2.18. The number of thiazole rings is 1. The molecule has 0 radical (unpaired) electrons. The molecule has 3 aromatic rings.